The monoisotopic (exact) mass is 242 g/mol. The maximum atomic E-state index is 11.8. The van der Waals surface area contributed by atoms with Gasteiger partial charge in [-0.05, 0) is 32.4 Å². The summed E-state index contributed by atoms with van der Waals surface area (Å²) in [6.45, 7) is 1.40. The first-order chi connectivity index (χ1) is 8.18. The van der Waals surface area contributed by atoms with Gasteiger partial charge in [-0.15, -0.1) is 0 Å². The molecule has 2 aliphatic rings. The summed E-state index contributed by atoms with van der Waals surface area (Å²) in [6.07, 6.45) is 2.89. The number of hydrogen-bond acceptors (Lipinski definition) is 5. The van der Waals surface area contributed by atoms with E-state index >= 15 is 0 Å². The van der Waals surface area contributed by atoms with Crippen LogP contribution in [0.3, 0.4) is 0 Å². The molecule has 6 nitrogen and oxygen atoms in total. The Balaban J connectivity index is 1.86. The van der Waals surface area contributed by atoms with Gasteiger partial charge in [-0.1, -0.05) is 6.42 Å². The molecule has 2 unspecified atom stereocenters. The zero-order chi connectivity index (χ0) is 12.3. The van der Waals surface area contributed by atoms with E-state index in [0.717, 1.165) is 25.8 Å². The summed E-state index contributed by atoms with van der Waals surface area (Å²) in [7, 11) is 0. The molecule has 3 atom stereocenters. The van der Waals surface area contributed by atoms with Crippen molar-refractivity contribution in [2.75, 3.05) is 13.1 Å². The second-order valence-corrected chi connectivity index (χ2v) is 4.54. The van der Waals surface area contributed by atoms with Crippen molar-refractivity contribution in [1.29, 1.82) is 0 Å². The molecule has 0 radical (unpaired) electrons. The number of carbonyl (C=O) groups is 2. The van der Waals surface area contributed by atoms with Crippen LogP contribution in [0, 0.1) is 0 Å². The maximum Gasteiger partial charge on any atom is 0.324 e. The number of carboxylic acid groups (broad SMARTS) is 1. The van der Waals surface area contributed by atoms with Crippen molar-refractivity contribution >= 4 is 11.9 Å². The van der Waals surface area contributed by atoms with Gasteiger partial charge < -0.3 is 20.5 Å². The van der Waals surface area contributed by atoms with Crippen LogP contribution < -0.4 is 10.6 Å². The summed E-state index contributed by atoms with van der Waals surface area (Å²) in [5.74, 6) is -1.28. The van der Waals surface area contributed by atoms with E-state index in [4.69, 9.17) is 9.84 Å². The molecule has 0 bridgehead atoms. The Labute approximate surface area is 99.7 Å². The minimum absolute atomic E-state index is 0.265. The van der Waals surface area contributed by atoms with Crippen LogP contribution in [0.5, 0.6) is 0 Å². The predicted octanol–water partition coefficient (Wildman–Crippen LogP) is -0.513. The summed E-state index contributed by atoms with van der Waals surface area (Å²) < 4.78 is 5.28. The average molecular weight is 242 g/mol. The van der Waals surface area contributed by atoms with Crippen molar-refractivity contribution in [2.45, 2.75) is 43.9 Å². The van der Waals surface area contributed by atoms with Crippen LogP contribution in [-0.2, 0) is 14.3 Å². The second kappa shape index (κ2) is 5.46. The molecule has 6 heteroatoms. The Kier molecular flexibility index (Phi) is 3.96. The number of ether oxygens (including phenoxy) is 1. The number of hydrogen-bond donors (Lipinski definition) is 3. The van der Waals surface area contributed by atoms with E-state index in [1.165, 1.54) is 0 Å². The highest BCUT2D eigenvalue weighted by Gasteiger charge is 2.36. The molecule has 2 heterocycles. The van der Waals surface area contributed by atoms with Gasteiger partial charge in [0.25, 0.3) is 0 Å². The third-order valence-corrected chi connectivity index (χ3v) is 3.29. The van der Waals surface area contributed by atoms with Gasteiger partial charge in [-0.2, -0.15) is 0 Å². The topological polar surface area (TPSA) is 87.7 Å². The third-order valence-electron chi connectivity index (χ3n) is 3.29. The van der Waals surface area contributed by atoms with Gasteiger partial charge in [-0.25, -0.2) is 0 Å². The van der Waals surface area contributed by atoms with Crippen molar-refractivity contribution < 1.29 is 19.4 Å². The molecule has 2 rings (SSSR count). The molecule has 0 aromatic carbocycles. The summed E-state index contributed by atoms with van der Waals surface area (Å²) >= 11 is 0. The van der Waals surface area contributed by atoms with Crippen LogP contribution >= 0.6 is 0 Å². The van der Waals surface area contributed by atoms with Crippen molar-refractivity contribution in [1.82, 2.24) is 10.6 Å². The Hall–Kier alpha value is -1.14. The average Bonchev–Trinajstić information content (AvgIpc) is 2.78. The van der Waals surface area contributed by atoms with Gasteiger partial charge in [0.05, 0.1) is 0 Å². The van der Waals surface area contributed by atoms with E-state index in [-0.39, 0.29) is 12.0 Å². The minimum atomic E-state index is -0.961. The minimum Gasteiger partial charge on any atom is -0.480 e. The lowest BCUT2D eigenvalue weighted by atomic mass is 10.1. The van der Waals surface area contributed by atoms with Gasteiger partial charge in [-0.3, -0.25) is 9.59 Å². The Morgan fingerprint density at radius 1 is 1.12 bits per heavy atom. The fraction of sp³-hybridized carbons (Fsp3) is 0.818. The Morgan fingerprint density at radius 2 is 1.94 bits per heavy atom. The number of aliphatic carboxylic acids is 1. The number of carboxylic acids is 1. The molecule has 2 fully saturated rings. The lowest BCUT2D eigenvalue weighted by molar-refractivity contribution is -0.156. The highest BCUT2D eigenvalue weighted by atomic mass is 16.5. The van der Waals surface area contributed by atoms with E-state index in [1.54, 1.807) is 0 Å². The summed E-state index contributed by atoms with van der Waals surface area (Å²) in [4.78, 5) is 22.7. The SMILES string of the molecule is O=C(OC1CCN[C@@H]1C(=O)O)C1CCCCN1. The second-order valence-electron chi connectivity index (χ2n) is 4.54. The molecule has 0 amide bonds. The normalized spacial score (nSPS) is 33.3. The number of esters is 1. The molecule has 17 heavy (non-hydrogen) atoms. The standard InChI is InChI=1S/C11H18N2O4/c14-10(15)9-8(4-6-13-9)17-11(16)7-3-1-2-5-12-7/h7-9,12-13H,1-6H2,(H,14,15)/t7?,8?,9-/m0/s1. The largest absolute Gasteiger partial charge is 0.480 e. The van der Waals surface area contributed by atoms with Crippen LogP contribution in [-0.4, -0.2) is 48.3 Å². The van der Waals surface area contributed by atoms with E-state index in [1.807, 2.05) is 0 Å². The Bertz CT molecular complexity index is 302. The number of piperidine rings is 1. The van der Waals surface area contributed by atoms with Gasteiger partial charge in [0.1, 0.15) is 18.2 Å². The smallest absolute Gasteiger partial charge is 0.324 e. The van der Waals surface area contributed by atoms with Crippen molar-refractivity contribution in [3.63, 3.8) is 0 Å². The molecule has 0 saturated carbocycles. The number of nitrogens with one attached hydrogen (secondary N) is 2. The van der Waals surface area contributed by atoms with E-state index in [9.17, 15) is 9.59 Å². The molecule has 96 valence electrons. The number of carbonyl (C=O) groups excluding carboxylic acids is 1. The molecule has 0 aromatic heterocycles. The first kappa shape index (κ1) is 12.3. The maximum absolute atomic E-state index is 11.8. The van der Waals surface area contributed by atoms with Crippen LogP contribution in [0.15, 0.2) is 0 Å². The van der Waals surface area contributed by atoms with Crippen molar-refractivity contribution in [3.05, 3.63) is 0 Å². The summed E-state index contributed by atoms with van der Waals surface area (Å²) in [6, 6.07) is -1.03. The van der Waals surface area contributed by atoms with Gasteiger partial charge in [0, 0.05) is 0 Å². The van der Waals surface area contributed by atoms with Crippen LogP contribution in [0.1, 0.15) is 25.7 Å². The first-order valence-electron chi connectivity index (χ1n) is 6.08. The van der Waals surface area contributed by atoms with Crippen LogP contribution in [0.2, 0.25) is 0 Å². The number of rotatable bonds is 3. The molecule has 2 aliphatic heterocycles. The summed E-state index contributed by atoms with van der Waals surface area (Å²) in [5.41, 5.74) is 0. The van der Waals surface area contributed by atoms with E-state index in [0.29, 0.717) is 13.0 Å². The van der Waals surface area contributed by atoms with Gasteiger partial charge >= 0.3 is 11.9 Å². The van der Waals surface area contributed by atoms with Crippen LogP contribution in [0.4, 0.5) is 0 Å². The molecular weight excluding hydrogens is 224 g/mol. The lowest BCUT2D eigenvalue weighted by Crippen LogP contribution is -2.46. The fourth-order valence-corrected chi connectivity index (χ4v) is 2.34. The summed E-state index contributed by atoms with van der Waals surface area (Å²) in [5, 5.41) is 14.8. The van der Waals surface area contributed by atoms with Gasteiger partial charge in [0.15, 0.2) is 0 Å². The zero-order valence-corrected chi connectivity index (χ0v) is 9.65. The molecule has 0 aromatic rings. The fourth-order valence-electron chi connectivity index (χ4n) is 2.34. The van der Waals surface area contributed by atoms with Gasteiger partial charge in [0.2, 0.25) is 0 Å². The predicted molar refractivity (Wildman–Crippen MR) is 59.6 cm³/mol. The Morgan fingerprint density at radius 3 is 2.59 bits per heavy atom. The van der Waals surface area contributed by atoms with Crippen LogP contribution in [0.25, 0.3) is 0 Å². The quantitative estimate of drug-likeness (QED) is 0.578. The molecule has 3 N–H and O–H groups in total. The molecule has 0 spiro atoms. The van der Waals surface area contributed by atoms with E-state index < -0.39 is 18.1 Å². The highest BCUT2D eigenvalue weighted by Crippen LogP contribution is 2.15. The zero-order valence-electron chi connectivity index (χ0n) is 9.65. The van der Waals surface area contributed by atoms with Crippen molar-refractivity contribution in [3.8, 4) is 0 Å². The molecule has 0 aliphatic carbocycles. The first-order valence-corrected chi connectivity index (χ1v) is 6.08. The molecular formula is C11H18N2O4. The van der Waals surface area contributed by atoms with E-state index in [2.05, 4.69) is 10.6 Å². The lowest BCUT2D eigenvalue weighted by Gasteiger charge is -2.24. The van der Waals surface area contributed by atoms with Crippen molar-refractivity contribution in [2.24, 2.45) is 0 Å². The third kappa shape index (κ3) is 2.95. The molecule has 2 saturated heterocycles. The highest BCUT2D eigenvalue weighted by molar-refractivity contribution is 5.78.